The van der Waals surface area contributed by atoms with Crippen molar-refractivity contribution < 1.29 is 17.9 Å². The summed E-state index contributed by atoms with van der Waals surface area (Å²) in [7, 11) is -0.720. The first-order valence-corrected chi connectivity index (χ1v) is 9.69. The van der Waals surface area contributed by atoms with Crippen LogP contribution in [0.3, 0.4) is 0 Å². The van der Waals surface area contributed by atoms with Gasteiger partial charge in [0.05, 0.1) is 19.2 Å². The van der Waals surface area contributed by atoms with Crippen molar-refractivity contribution in [2.45, 2.75) is 18.4 Å². The third kappa shape index (κ3) is 4.39. The van der Waals surface area contributed by atoms with Crippen LogP contribution in [0.5, 0.6) is 11.5 Å². The SMILES string of the molecule is CCN(Cc1ccc(OC)c(OC)c1)S(=O)(=O)c1cc(Cl)ccc1Cl. The van der Waals surface area contributed by atoms with Crippen molar-refractivity contribution in [3.05, 3.63) is 52.0 Å². The molecule has 0 heterocycles. The fraction of sp³-hybridized carbons (Fsp3) is 0.294. The molecule has 0 aliphatic carbocycles. The Morgan fingerprint density at radius 1 is 1.00 bits per heavy atom. The molecule has 0 atom stereocenters. The van der Waals surface area contributed by atoms with E-state index in [4.69, 9.17) is 32.7 Å². The molecule has 2 aromatic carbocycles. The maximum Gasteiger partial charge on any atom is 0.244 e. The first kappa shape index (κ1) is 19.8. The number of rotatable bonds is 7. The normalized spacial score (nSPS) is 11.6. The van der Waals surface area contributed by atoms with Crippen LogP contribution in [0.15, 0.2) is 41.3 Å². The largest absolute Gasteiger partial charge is 0.493 e. The second-order valence-electron chi connectivity index (χ2n) is 5.20. The van der Waals surface area contributed by atoms with E-state index in [0.717, 1.165) is 5.56 Å². The smallest absolute Gasteiger partial charge is 0.244 e. The molecule has 0 aromatic heterocycles. The van der Waals surface area contributed by atoms with Crippen LogP contribution in [-0.4, -0.2) is 33.5 Å². The zero-order valence-corrected chi connectivity index (χ0v) is 16.5. The van der Waals surface area contributed by atoms with Gasteiger partial charge in [-0.05, 0) is 35.9 Å². The summed E-state index contributed by atoms with van der Waals surface area (Å²) in [4.78, 5) is -0.0102. The third-order valence-electron chi connectivity index (χ3n) is 3.67. The average Bonchev–Trinajstić information content (AvgIpc) is 2.61. The summed E-state index contributed by atoms with van der Waals surface area (Å²) in [5.74, 6) is 1.12. The molecule has 0 aliphatic rings. The van der Waals surface area contributed by atoms with Crippen molar-refractivity contribution in [2.75, 3.05) is 20.8 Å². The highest BCUT2D eigenvalue weighted by atomic mass is 35.5. The van der Waals surface area contributed by atoms with Gasteiger partial charge in [0.25, 0.3) is 0 Å². The maximum absolute atomic E-state index is 12.9. The summed E-state index contributed by atoms with van der Waals surface area (Å²) >= 11 is 12.0. The van der Waals surface area contributed by atoms with Crippen LogP contribution in [0.1, 0.15) is 12.5 Å². The molecular weight excluding hydrogens is 385 g/mol. The van der Waals surface area contributed by atoms with E-state index in [0.29, 0.717) is 16.5 Å². The molecule has 0 amide bonds. The van der Waals surface area contributed by atoms with Crippen molar-refractivity contribution in [1.29, 1.82) is 0 Å². The minimum Gasteiger partial charge on any atom is -0.493 e. The fourth-order valence-electron chi connectivity index (χ4n) is 2.36. The van der Waals surface area contributed by atoms with E-state index in [1.807, 2.05) is 0 Å². The average molecular weight is 404 g/mol. The molecule has 136 valence electrons. The van der Waals surface area contributed by atoms with Crippen LogP contribution in [0.25, 0.3) is 0 Å². The van der Waals surface area contributed by atoms with Gasteiger partial charge in [0.2, 0.25) is 10.0 Å². The molecule has 0 aliphatic heterocycles. The molecule has 8 heteroatoms. The third-order valence-corrected chi connectivity index (χ3v) is 6.31. The van der Waals surface area contributed by atoms with Crippen molar-refractivity contribution in [2.24, 2.45) is 0 Å². The molecule has 5 nitrogen and oxygen atoms in total. The topological polar surface area (TPSA) is 55.8 Å². The number of nitrogens with zero attached hydrogens (tertiary/aromatic N) is 1. The van der Waals surface area contributed by atoms with Crippen LogP contribution in [0.4, 0.5) is 0 Å². The Bertz CT molecular complexity index is 856. The van der Waals surface area contributed by atoms with E-state index < -0.39 is 10.0 Å². The molecule has 0 bridgehead atoms. The Morgan fingerprint density at radius 3 is 2.28 bits per heavy atom. The Hall–Kier alpha value is -1.47. The van der Waals surface area contributed by atoms with Gasteiger partial charge in [-0.3, -0.25) is 0 Å². The van der Waals surface area contributed by atoms with E-state index in [9.17, 15) is 8.42 Å². The number of benzene rings is 2. The predicted molar refractivity (Wildman–Crippen MR) is 99.3 cm³/mol. The Morgan fingerprint density at radius 2 is 1.68 bits per heavy atom. The molecule has 0 fully saturated rings. The van der Waals surface area contributed by atoms with Crippen LogP contribution in [0, 0.1) is 0 Å². The Labute approximate surface area is 158 Å². The molecule has 2 rings (SSSR count). The number of sulfonamides is 1. The highest BCUT2D eigenvalue weighted by Gasteiger charge is 2.26. The first-order valence-electron chi connectivity index (χ1n) is 7.49. The van der Waals surface area contributed by atoms with Gasteiger partial charge in [0.1, 0.15) is 4.90 Å². The van der Waals surface area contributed by atoms with E-state index in [2.05, 4.69) is 0 Å². The van der Waals surface area contributed by atoms with Gasteiger partial charge in [-0.25, -0.2) is 8.42 Å². The zero-order valence-electron chi connectivity index (χ0n) is 14.1. The van der Waals surface area contributed by atoms with E-state index in [1.54, 1.807) is 38.3 Å². The summed E-state index contributed by atoms with van der Waals surface area (Å²) < 4.78 is 37.7. The molecule has 0 spiro atoms. The minimum absolute atomic E-state index is 0.0102. The molecule has 2 aromatic rings. The summed E-state index contributed by atoms with van der Waals surface area (Å²) in [5.41, 5.74) is 0.765. The van der Waals surface area contributed by atoms with E-state index in [-0.39, 0.29) is 23.0 Å². The number of halogens is 2. The lowest BCUT2D eigenvalue weighted by atomic mass is 10.2. The quantitative estimate of drug-likeness (QED) is 0.694. The van der Waals surface area contributed by atoms with Crippen LogP contribution in [0.2, 0.25) is 10.0 Å². The van der Waals surface area contributed by atoms with Gasteiger partial charge < -0.3 is 9.47 Å². The lowest BCUT2D eigenvalue weighted by Crippen LogP contribution is -2.30. The number of hydrogen-bond donors (Lipinski definition) is 0. The summed E-state index contributed by atoms with van der Waals surface area (Å²) in [5, 5.41) is 0.445. The van der Waals surface area contributed by atoms with Crippen molar-refractivity contribution >= 4 is 33.2 Å². The van der Waals surface area contributed by atoms with Gasteiger partial charge >= 0.3 is 0 Å². The standard InChI is InChI=1S/C17H19Cl2NO4S/c1-4-20(11-12-5-8-15(23-2)16(9-12)24-3)25(21,22)17-10-13(18)6-7-14(17)19/h5-10H,4,11H2,1-3H3. The van der Waals surface area contributed by atoms with Gasteiger partial charge in [-0.2, -0.15) is 4.31 Å². The highest BCUT2D eigenvalue weighted by Crippen LogP contribution is 2.31. The zero-order chi connectivity index (χ0) is 18.6. The first-order chi connectivity index (χ1) is 11.8. The predicted octanol–water partition coefficient (Wildman–Crippen LogP) is 4.22. The summed E-state index contributed by atoms with van der Waals surface area (Å²) in [6.07, 6.45) is 0. The lowest BCUT2D eigenvalue weighted by molar-refractivity contribution is 0.353. The molecule has 0 N–H and O–H groups in total. The Kier molecular flexibility index (Phi) is 6.57. The van der Waals surface area contributed by atoms with Gasteiger partial charge in [-0.15, -0.1) is 0 Å². The lowest BCUT2D eigenvalue weighted by Gasteiger charge is -2.22. The minimum atomic E-state index is -3.79. The number of ether oxygens (including phenoxy) is 2. The van der Waals surface area contributed by atoms with E-state index >= 15 is 0 Å². The van der Waals surface area contributed by atoms with E-state index in [1.165, 1.54) is 23.5 Å². The maximum atomic E-state index is 12.9. The summed E-state index contributed by atoms with van der Waals surface area (Å²) in [6.45, 7) is 2.21. The summed E-state index contributed by atoms with van der Waals surface area (Å²) in [6, 6.07) is 9.65. The Balaban J connectivity index is 2.38. The molecule has 0 unspecified atom stereocenters. The fourth-order valence-corrected chi connectivity index (χ4v) is 4.54. The van der Waals surface area contributed by atoms with Crippen molar-refractivity contribution in [3.63, 3.8) is 0 Å². The monoisotopic (exact) mass is 403 g/mol. The van der Waals surface area contributed by atoms with Crippen molar-refractivity contribution in [3.8, 4) is 11.5 Å². The molecular formula is C17H19Cl2NO4S. The molecule has 25 heavy (non-hydrogen) atoms. The van der Waals surface area contributed by atoms with Gasteiger partial charge in [-0.1, -0.05) is 36.2 Å². The van der Waals surface area contributed by atoms with Crippen LogP contribution in [-0.2, 0) is 16.6 Å². The van der Waals surface area contributed by atoms with Crippen LogP contribution >= 0.6 is 23.2 Å². The second kappa shape index (κ2) is 8.27. The van der Waals surface area contributed by atoms with Crippen LogP contribution < -0.4 is 9.47 Å². The highest BCUT2D eigenvalue weighted by molar-refractivity contribution is 7.89. The molecule has 0 saturated heterocycles. The number of methoxy groups -OCH3 is 2. The molecule has 0 saturated carbocycles. The van der Waals surface area contributed by atoms with Gasteiger partial charge in [0, 0.05) is 18.1 Å². The number of hydrogen-bond acceptors (Lipinski definition) is 4. The van der Waals surface area contributed by atoms with Crippen molar-refractivity contribution in [1.82, 2.24) is 4.31 Å². The second-order valence-corrected chi connectivity index (χ2v) is 7.95. The molecule has 0 radical (unpaired) electrons. The van der Waals surface area contributed by atoms with Gasteiger partial charge in [0.15, 0.2) is 11.5 Å².